The predicted octanol–water partition coefficient (Wildman–Crippen LogP) is 3.11. The summed E-state index contributed by atoms with van der Waals surface area (Å²) < 4.78 is 0.787. The van der Waals surface area contributed by atoms with E-state index in [1.165, 1.54) is 23.1 Å². The largest absolute Gasteiger partial charge is 0.374 e. The quantitative estimate of drug-likeness (QED) is 0.695. The molecule has 2 aromatic heterocycles. The summed E-state index contributed by atoms with van der Waals surface area (Å²) in [6.45, 7) is 0. The average molecular weight is 293 g/mol. The zero-order valence-electron chi connectivity index (χ0n) is 7.85. The highest BCUT2D eigenvalue weighted by atomic mass is 35.5. The van der Waals surface area contributed by atoms with Gasteiger partial charge in [-0.05, 0) is 12.1 Å². The molecule has 0 aliphatic rings. The lowest BCUT2D eigenvalue weighted by atomic mass is 10.4. The molecule has 0 spiro atoms. The number of nitrogens with two attached hydrogens (primary N) is 1. The lowest BCUT2D eigenvalue weighted by molar-refractivity contribution is 1.01. The summed E-state index contributed by atoms with van der Waals surface area (Å²) in [6, 6.07) is 3.38. The Balaban J connectivity index is 2.07. The molecule has 0 saturated heterocycles. The number of nitrogen functional groups attached to an aromatic ring is 1. The maximum absolute atomic E-state index is 5.98. The van der Waals surface area contributed by atoms with Crippen molar-refractivity contribution < 1.29 is 0 Å². The molecule has 2 N–H and O–H groups in total. The lowest BCUT2D eigenvalue weighted by Gasteiger charge is -2.01. The number of hydrogen-bond donors (Lipinski definition) is 1. The molecule has 0 fully saturated rings. The third-order valence-corrected chi connectivity index (χ3v) is 4.09. The van der Waals surface area contributed by atoms with Crippen LogP contribution in [0, 0.1) is 0 Å². The van der Waals surface area contributed by atoms with Crippen LogP contribution in [0.15, 0.2) is 16.5 Å². The number of nitrogens with zero attached hydrogens (tertiary/aromatic N) is 3. The van der Waals surface area contributed by atoms with Crippen LogP contribution in [0.2, 0.25) is 10.2 Å². The minimum atomic E-state index is 0.428. The second-order valence-electron chi connectivity index (χ2n) is 2.76. The third kappa shape index (κ3) is 2.98. The van der Waals surface area contributed by atoms with Gasteiger partial charge in [-0.15, -0.1) is 10.2 Å². The molecule has 2 aromatic rings. The van der Waals surface area contributed by atoms with Crippen molar-refractivity contribution >= 4 is 51.4 Å². The summed E-state index contributed by atoms with van der Waals surface area (Å²) >= 11 is 14.6. The molecule has 4 nitrogen and oxygen atoms in total. The Morgan fingerprint density at radius 3 is 2.81 bits per heavy atom. The van der Waals surface area contributed by atoms with Crippen LogP contribution < -0.4 is 5.73 Å². The van der Waals surface area contributed by atoms with E-state index in [2.05, 4.69) is 15.2 Å². The van der Waals surface area contributed by atoms with E-state index >= 15 is 0 Å². The van der Waals surface area contributed by atoms with Gasteiger partial charge in [0.25, 0.3) is 0 Å². The molecule has 0 aliphatic carbocycles. The molecule has 2 heterocycles. The predicted molar refractivity (Wildman–Crippen MR) is 68.1 cm³/mol. The summed E-state index contributed by atoms with van der Waals surface area (Å²) in [5.74, 6) is 0.591. The van der Waals surface area contributed by atoms with Gasteiger partial charge in [-0.25, -0.2) is 4.98 Å². The zero-order chi connectivity index (χ0) is 11.5. The maximum atomic E-state index is 5.98. The highest BCUT2D eigenvalue weighted by Crippen LogP contribution is 2.29. The molecule has 0 saturated carbocycles. The van der Waals surface area contributed by atoms with Crippen molar-refractivity contribution in [2.24, 2.45) is 0 Å². The Kier molecular flexibility index (Phi) is 3.86. The van der Waals surface area contributed by atoms with E-state index < -0.39 is 0 Å². The van der Waals surface area contributed by atoms with Crippen LogP contribution >= 0.6 is 46.3 Å². The molecule has 8 heteroatoms. The summed E-state index contributed by atoms with van der Waals surface area (Å²) in [7, 11) is 0. The van der Waals surface area contributed by atoms with Crippen LogP contribution in [-0.2, 0) is 5.75 Å². The van der Waals surface area contributed by atoms with Crippen LogP contribution in [0.3, 0.4) is 0 Å². The van der Waals surface area contributed by atoms with Crippen molar-refractivity contribution in [2.75, 3.05) is 5.73 Å². The van der Waals surface area contributed by atoms with E-state index in [0.29, 0.717) is 21.1 Å². The number of aromatic nitrogens is 3. The van der Waals surface area contributed by atoms with Crippen molar-refractivity contribution in [3.8, 4) is 0 Å². The molecule has 0 unspecified atom stereocenters. The van der Waals surface area contributed by atoms with Crippen molar-refractivity contribution in [2.45, 2.75) is 10.1 Å². The first-order chi connectivity index (χ1) is 7.65. The fraction of sp³-hybridized carbons (Fsp3) is 0.125. The number of anilines is 1. The molecule has 0 aromatic carbocycles. The molecule has 0 aliphatic heterocycles. The van der Waals surface area contributed by atoms with E-state index in [1.54, 1.807) is 12.1 Å². The summed E-state index contributed by atoms with van der Waals surface area (Å²) in [4.78, 5) is 4.13. The molecular formula is C8H6Cl2N4S2. The van der Waals surface area contributed by atoms with Crippen LogP contribution in [0.5, 0.6) is 0 Å². The number of rotatable bonds is 3. The molecule has 16 heavy (non-hydrogen) atoms. The van der Waals surface area contributed by atoms with Gasteiger partial charge in [0.1, 0.15) is 5.15 Å². The average Bonchev–Trinajstić information content (AvgIpc) is 2.66. The van der Waals surface area contributed by atoms with E-state index in [-0.39, 0.29) is 0 Å². The van der Waals surface area contributed by atoms with Gasteiger partial charge in [0.05, 0.1) is 10.7 Å². The SMILES string of the molecule is Nc1nnc(SCc2nc(Cl)ccc2Cl)s1. The number of hydrogen-bond acceptors (Lipinski definition) is 6. The first-order valence-corrected chi connectivity index (χ1v) is 6.73. The normalized spacial score (nSPS) is 10.6. The maximum Gasteiger partial charge on any atom is 0.203 e. The monoisotopic (exact) mass is 292 g/mol. The Hall–Kier alpha value is -0.560. The lowest BCUT2D eigenvalue weighted by Crippen LogP contribution is -1.88. The van der Waals surface area contributed by atoms with Gasteiger partial charge in [0.2, 0.25) is 5.13 Å². The van der Waals surface area contributed by atoms with E-state index in [4.69, 9.17) is 28.9 Å². The third-order valence-electron chi connectivity index (χ3n) is 1.64. The zero-order valence-corrected chi connectivity index (χ0v) is 11.0. The van der Waals surface area contributed by atoms with Gasteiger partial charge in [-0.3, -0.25) is 0 Å². The summed E-state index contributed by atoms with van der Waals surface area (Å²) in [6.07, 6.45) is 0. The molecule has 0 bridgehead atoms. The molecule has 84 valence electrons. The van der Waals surface area contributed by atoms with Crippen molar-refractivity contribution in [1.29, 1.82) is 0 Å². The van der Waals surface area contributed by atoms with Gasteiger partial charge in [-0.2, -0.15) is 0 Å². The number of thioether (sulfide) groups is 1. The second kappa shape index (κ2) is 5.18. The van der Waals surface area contributed by atoms with Crippen LogP contribution in [-0.4, -0.2) is 15.2 Å². The Bertz CT molecular complexity index is 503. The fourth-order valence-corrected chi connectivity index (χ4v) is 2.97. The van der Waals surface area contributed by atoms with Crippen LogP contribution in [0.25, 0.3) is 0 Å². The van der Waals surface area contributed by atoms with Crippen molar-refractivity contribution in [3.05, 3.63) is 28.0 Å². The Morgan fingerprint density at radius 1 is 1.31 bits per heavy atom. The smallest absolute Gasteiger partial charge is 0.203 e. The topological polar surface area (TPSA) is 64.7 Å². The van der Waals surface area contributed by atoms with Gasteiger partial charge in [-0.1, -0.05) is 46.3 Å². The van der Waals surface area contributed by atoms with E-state index in [0.717, 1.165) is 10.0 Å². The standard InChI is InChI=1S/C8H6Cl2N4S2/c9-4-1-2-6(10)12-5(4)3-15-8-14-13-7(11)16-8/h1-2H,3H2,(H2,11,13). The Morgan fingerprint density at radius 2 is 2.12 bits per heavy atom. The van der Waals surface area contributed by atoms with Crippen molar-refractivity contribution in [1.82, 2.24) is 15.2 Å². The van der Waals surface area contributed by atoms with Crippen LogP contribution in [0.4, 0.5) is 5.13 Å². The first-order valence-electron chi connectivity index (χ1n) is 4.18. The highest BCUT2D eigenvalue weighted by Gasteiger charge is 2.07. The Labute approximate surface area is 110 Å². The van der Waals surface area contributed by atoms with E-state index in [1.807, 2.05) is 0 Å². The van der Waals surface area contributed by atoms with Gasteiger partial charge >= 0.3 is 0 Å². The minimum Gasteiger partial charge on any atom is -0.374 e. The minimum absolute atomic E-state index is 0.428. The highest BCUT2D eigenvalue weighted by molar-refractivity contribution is 8.00. The van der Waals surface area contributed by atoms with Crippen LogP contribution in [0.1, 0.15) is 5.69 Å². The fourth-order valence-electron chi connectivity index (χ4n) is 0.968. The first kappa shape index (κ1) is 11.9. The van der Waals surface area contributed by atoms with Crippen molar-refractivity contribution in [3.63, 3.8) is 0 Å². The molecular weight excluding hydrogens is 287 g/mol. The van der Waals surface area contributed by atoms with Gasteiger partial charge in [0, 0.05) is 5.75 Å². The van der Waals surface area contributed by atoms with Gasteiger partial charge in [0.15, 0.2) is 4.34 Å². The number of halogens is 2. The van der Waals surface area contributed by atoms with Gasteiger partial charge < -0.3 is 5.73 Å². The number of pyridine rings is 1. The molecule has 0 radical (unpaired) electrons. The van der Waals surface area contributed by atoms with E-state index in [9.17, 15) is 0 Å². The summed E-state index contributed by atoms with van der Waals surface area (Å²) in [5, 5.41) is 9.07. The molecule has 2 rings (SSSR count). The summed E-state index contributed by atoms with van der Waals surface area (Å²) in [5.41, 5.74) is 6.20. The molecule has 0 atom stereocenters. The second-order valence-corrected chi connectivity index (χ2v) is 5.78. The molecule has 0 amide bonds.